The molecule has 0 spiro atoms. The van der Waals surface area contributed by atoms with Crippen LogP contribution in [0.25, 0.3) is 10.6 Å². The van der Waals surface area contributed by atoms with E-state index in [1.54, 1.807) is 25.7 Å². The van der Waals surface area contributed by atoms with Gasteiger partial charge < -0.3 is 19.5 Å². The maximum absolute atomic E-state index is 12.2. The van der Waals surface area contributed by atoms with Gasteiger partial charge >= 0.3 is 5.97 Å². The maximum Gasteiger partial charge on any atom is 0.357 e. The molecule has 0 unspecified atom stereocenters. The summed E-state index contributed by atoms with van der Waals surface area (Å²) < 4.78 is 15.9. The first-order chi connectivity index (χ1) is 12.1. The molecule has 3 rings (SSSR count). The average Bonchev–Trinajstić information content (AvgIpc) is 3.28. The molecule has 1 saturated heterocycles. The van der Waals surface area contributed by atoms with E-state index in [9.17, 15) is 9.59 Å². The van der Waals surface area contributed by atoms with Crippen LogP contribution in [-0.4, -0.2) is 43.7 Å². The molecule has 2 heterocycles. The first-order valence-electron chi connectivity index (χ1n) is 7.75. The summed E-state index contributed by atoms with van der Waals surface area (Å²) in [6.45, 7) is 0.153. The molecule has 132 valence electrons. The largest absolute Gasteiger partial charge is 0.493 e. The number of carbonyl (C=O) groups excluding carboxylic acids is 2. The number of benzene rings is 1. The summed E-state index contributed by atoms with van der Waals surface area (Å²) in [7, 11) is 3.12. The zero-order valence-electron chi connectivity index (χ0n) is 13.9. The van der Waals surface area contributed by atoms with Gasteiger partial charge in [-0.2, -0.15) is 0 Å². The van der Waals surface area contributed by atoms with Gasteiger partial charge in [-0.05, 0) is 18.6 Å². The summed E-state index contributed by atoms with van der Waals surface area (Å²) >= 11 is 1.32. The number of rotatable bonds is 6. The monoisotopic (exact) mass is 362 g/mol. The van der Waals surface area contributed by atoms with Crippen LogP contribution >= 0.6 is 11.3 Å². The zero-order valence-corrected chi connectivity index (χ0v) is 14.7. The predicted octanol–water partition coefficient (Wildman–Crippen LogP) is 2.26. The number of hydrogen-bond donors (Lipinski definition) is 1. The van der Waals surface area contributed by atoms with Crippen molar-refractivity contribution in [2.75, 3.05) is 20.8 Å². The maximum atomic E-state index is 12.2. The van der Waals surface area contributed by atoms with Crippen molar-refractivity contribution in [2.24, 2.45) is 0 Å². The molecule has 2 aromatic rings. The van der Waals surface area contributed by atoms with Gasteiger partial charge in [0.1, 0.15) is 11.6 Å². The third-order valence-electron chi connectivity index (χ3n) is 3.85. The van der Waals surface area contributed by atoms with Crippen molar-refractivity contribution >= 4 is 23.2 Å². The van der Waals surface area contributed by atoms with E-state index < -0.39 is 5.97 Å². The number of amides is 1. The number of aromatic nitrogens is 1. The molecule has 25 heavy (non-hydrogen) atoms. The molecule has 1 atom stereocenters. The Hall–Kier alpha value is -2.61. The molecule has 7 nitrogen and oxygen atoms in total. The van der Waals surface area contributed by atoms with Crippen molar-refractivity contribution < 1.29 is 23.8 Å². The van der Waals surface area contributed by atoms with Gasteiger partial charge in [-0.25, -0.2) is 9.78 Å². The summed E-state index contributed by atoms with van der Waals surface area (Å²) in [4.78, 5) is 27.7. The Morgan fingerprint density at radius 2 is 2.20 bits per heavy atom. The molecular formula is C17H18N2O5S. The summed E-state index contributed by atoms with van der Waals surface area (Å²) in [6.07, 6.45) is 1.15. The molecular weight excluding hydrogens is 344 g/mol. The fourth-order valence-corrected chi connectivity index (χ4v) is 3.41. The van der Waals surface area contributed by atoms with Gasteiger partial charge in [0.15, 0.2) is 17.2 Å². The Kier molecular flexibility index (Phi) is 5.18. The quantitative estimate of drug-likeness (QED) is 0.793. The number of thiazole rings is 1. The van der Waals surface area contributed by atoms with Crippen molar-refractivity contribution in [3.63, 3.8) is 0 Å². The van der Waals surface area contributed by atoms with E-state index in [-0.39, 0.29) is 24.2 Å². The molecule has 0 saturated carbocycles. The number of carbonyl (C=O) groups is 2. The zero-order chi connectivity index (χ0) is 17.8. The van der Waals surface area contributed by atoms with E-state index in [0.717, 1.165) is 5.56 Å². The van der Waals surface area contributed by atoms with Crippen molar-refractivity contribution in [3.05, 3.63) is 29.3 Å². The summed E-state index contributed by atoms with van der Waals surface area (Å²) in [5.41, 5.74) is 0.975. The number of methoxy groups -OCH3 is 2. The predicted molar refractivity (Wildman–Crippen MR) is 92.1 cm³/mol. The highest BCUT2D eigenvalue weighted by molar-refractivity contribution is 7.13. The molecule has 1 fully saturated rings. The van der Waals surface area contributed by atoms with E-state index >= 15 is 0 Å². The fraction of sp³-hybridized carbons (Fsp3) is 0.353. The molecule has 1 amide bonds. The molecule has 8 heteroatoms. The standard InChI is InChI=1S/C17H18N2O5S/c1-22-13-5-3-4-11(15(13)23-2)16-19-12(9-25-16)17(21)24-8-10-6-7-14(20)18-10/h3-5,9-10H,6-8H2,1-2H3,(H,18,20)/t10-/m1/s1. The first kappa shape index (κ1) is 17.2. The second kappa shape index (κ2) is 7.52. The Morgan fingerprint density at radius 3 is 2.88 bits per heavy atom. The third kappa shape index (κ3) is 3.74. The lowest BCUT2D eigenvalue weighted by molar-refractivity contribution is -0.119. The highest BCUT2D eigenvalue weighted by Gasteiger charge is 2.23. The lowest BCUT2D eigenvalue weighted by atomic mass is 10.2. The minimum atomic E-state index is -0.509. The topological polar surface area (TPSA) is 86.8 Å². The summed E-state index contributed by atoms with van der Waals surface area (Å²) in [5, 5.41) is 5.03. The van der Waals surface area contributed by atoms with Crippen LogP contribution in [-0.2, 0) is 9.53 Å². The Labute approximate surface area is 148 Å². The molecule has 0 aliphatic carbocycles. The van der Waals surface area contributed by atoms with E-state index in [1.807, 2.05) is 12.1 Å². The van der Waals surface area contributed by atoms with E-state index in [0.29, 0.717) is 29.3 Å². The van der Waals surface area contributed by atoms with E-state index in [1.165, 1.54) is 11.3 Å². The number of nitrogens with one attached hydrogen (secondary N) is 1. The minimum absolute atomic E-state index is 0.0119. The number of para-hydroxylation sites is 1. The fourth-order valence-electron chi connectivity index (χ4n) is 2.60. The Bertz CT molecular complexity index is 789. The molecule has 1 N–H and O–H groups in total. The summed E-state index contributed by atoms with van der Waals surface area (Å²) in [6, 6.07) is 5.36. The van der Waals surface area contributed by atoms with Crippen LogP contribution in [0.1, 0.15) is 23.3 Å². The molecule has 0 bridgehead atoms. The van der Waals surface area contributed by atoms with Crippen LogP contribution in [0.3, 0.4) is 0 Å². The highest BCUT2D eigenvalue weighted by atomic mass is 32.1. The van der Waals surface area contributed by atoms with Crippen molar-refractivity contribution in [1.29, 1.82) is 0 Å². The average molecular weight is 362 g/mol. The second-order valence-corrected chi connectivity index (χ2v) is 6.34. The van der Waals surface area contributed by atoms with Gasteiger partial charge in [0.25, 0.3) is 0 Å². The van der Waals surface area contributed by atoms with Crippen LogP contribution in [0, 0.1) is 0 Å². The third-order valence-corrected chi connectivity index (χ3v) is 4.72. The summed E-state index contributed by atoms with van der Waals surface area (Å²) in [5.74, 6) is 0.636. The van der Waals surface area contributed by atoms with Gasteiger partial charge in [0, 0.05) is 11.8 Å². The van der Waals surface area contributed by atoms with Gasteiger partial charge in [-0.15, -0.1) is 11.3 Å². The number of esters is 1. The molecule has 1 aromatic heterocycles. The normalized spacial score (nSPS) is 16.4. The highest BCUT2D eigenvalue weighted by Crippen LogP contribution is 2.39. The van der Waals surface area contributed by atoms with Crippen LogP contribution in [0.15, 0.2) is 23.6 Å². The van der Waals surface area contributed by atoms with Gasteiger partial charge in [0.2, 0.25) is 5.91 Å². The number of nitrogens with zero attached hydrogens (tertiary/aromatic N) is 1. The Morgan fingerprint density at radius 1 is 1.36 bits per heavy atom. The molecule has 0 radical (unpaired) electrons. The van der Waals surface area contributed by atoms with Gasteiger partial charge in [-0.3, -0.25) is 4.79 Å². The molecule has 1 aliphatic heterocycles. The number of hydrogen-bond acceptors (Lipinski definition) is 7. The molecule has 1 aliphatic rings. The smallest absolute Gasteiger partial charge is 0.357 e. The van der Waals surface area contributed by atoms with Crippen LogP contribution in [0.5, 0.6) is 11.5 Å². The van der Waals surface area contributed by atoms with E-state index in [2.05, 4.69) is 10.3 Å². The van der Waals surface area contributed by atoms with Crippen molar-refractivity contribution in [1.82, 2.24) is 10.3 Å². The second-order valence-electron chi connectivity index (χ2n) is 5.48. The van der Waals surface area contributed by atoms with Crippen LogP contribution < -0.4 is 14.8 Å². The van der Waals surface area contributed by atoms with Crippen molar-refractivity contribution in [2.45, 2.75) is 18.9 Å². The molecule has 1 aromatic carbocycles. The lowest BCUT2D eigenvalue weighted by Gasteiger charge is -2.10. The first-order valence-corrected chi connectivity index (χ1v) is 8.63. The van der Waals surface area contributed by atoms with Crippen LogP contribution in [0.2, 0.25) is 0 Å². The van der Waals surface area contributed by atoms with Gasteiger partial charge in [-0.1, -0.05) is 6.07 Å². The van der Waals surface area contributed by atoms with Crippen LogP contribution in [0.4, 0.5) is 0 Å². The van der Waals surface area contributed by atoms with Gasteiger partial charge in [0.05, 0.1) is 25.8 Å². The number of ether oxygens (including phenoxy) is 3. The SMILES string of the molecule is COc1cccc(-c2nc(C(=O)OC[C@H]3CCC(=O)N3)cs2)c1OC. The Balaban J connectivity index is 1.72. The van der Waals surface area contributed by atoms with Crippen molar-refractivity contribution in [3.8, 4) is 22.1 Å². The van der Waals surface area contributed by atoms with E-state index in [4.69, 9.17) is 14.2 Å². The minimum Gasteiger partial charge on any atom is -0.493 e. The lowest BCUT2D eigenvalue weighted by Crippen LogP contribution is -2.30.